The lowest BCUT2D eigenvalue weighted by Gasteiger charge is -2.30. The van der Waals surface area contributed by atoms with Crippen molar-refractivity contribution in [3.63, 3.8) is 0 Å². The molecule has 0 N–H and O–H groups in total. The average molecular weight is 449 g/mol. The van der Waals surface area contributed by atoms with E-state index in [4.69, 9.17) is 4.52 Å². The minimum Gasteiger partial charge on any atom is -0.339 e. The van der Waals surface area contributed by atoms with Crippen molar-refractivity contribution in [2.75, 3.05) is 13.1 Å². The number of benzene rings is 1. The molecule has 0 radical (unpaired) electrons. The molecule has 0 spiro atoms. The first-order valence-corrected chi connectivity index (χ1v) is 10.8. The zero-order chi connectivity index (χ0) is 18.9. The van der Waals surface area contributed by atoms with E-state index in [0.717, 1.165) is 22.9 Å². The highest BCUT2D eigenvalue weighted by Gasteiger charge is 2.33. The highest BCUT2D eigenvalue weighted by molar-refractivity contribution is 9.10. The molecule has 2 aromatic heterocycles. The summed E-state index contributed by atoms with van der Waals surface area (Å²) in [5, 5.41) is 4.02. The monoisotopic (exact) mass is 448 g/mol. The Labute approximate surface area is 165 Å². The highest BCUT2D eigenvalue weighted by atomic mass is 79.9. The second-order valence-electron chi connectivity index (χ2n) is 6.35. The molecule has 4 rings (SSSR count). The van der Waals surface area contributed by atoms with E-state index in [9.17, 15) is 8.42 Å². The molecule has 1 atom stereocenters. The quantitative estimate of drug-likeness (QED) is 0.606. The van der Waals surface area contributed by atoms with Crippen molar-refractivity contribution in [2.45, 2.75) is 23.7 Å². The molecule has 1 aromatic carbocycles. The number of halogens is 1. The maximum absolute atomic E-state index is 12.9. The van der Waals surface area contributed by atoms with E-state index in [-0.39, 0.29) is 10.8 Å². The third kappa shape index (κ3) is 3.80. The van der Waals surface area contributed by atoms with Crippen LogP contribution in [0.1, 0.15) is 24.7 Å². The lowest BCUT2D eigenvalue weighted by molar-refractivity contribution is 0.265. The van der Waals surface area contributed by atoms with Crippen LogP contribution in [0.4, 0.5) is 0 Å². The summed E-state index contributed by atoms with van der Waals surface area (Å²) in [7, 11) is -3.55. The first-order chi connectivity index (χ1) is 13.0. The molecule has 27 heavy (non-hydrogen) atoms. The lowest BCUT2D eigenvalue weighted by Crippen LogP contribution is -2.39. The van der Waals surface area contributed by atoms with Crippen LogP contribution in [0.15, 0.2) is 62.7 Å². The van der Waals surface area contributed by atoms with Gasteiger partial charge in [0.15, 0.2) is 0 Å². The largest absolute Gasteiger partial charge is 0.339 e. The molecule has 7 nitrogen and oxygen atoms in total. The van der Waals surface area contributed by atoms with Gasteiger partial charge in [0.2, 0.25) is 21.7 Å². The van der Waals surface area contributed by atoms with Crippen LogP contribution in [-0.2, 0) is 10.0 Å². The van der Waals surface area contributed by atoms with Gasteiger partial charge >= 0.3 is 0 Å². The fraction of sp³-hybridized carbons (Fsp3) is 0.278. The van der Waals surface area contributed by atoms with E-state index in [1.165, 1.54) is 4.31 Å². The van der Waals surface area contributed by atoms with Gasteiger partial charge in [-0.15, -0.1) is 0 Å². The van der Waals surface area contributed by atoms with Gasteiger partial charge in [0.25, 0.3) is 0 Å². The second-order valence-corrected chi connectivity index (χ2v) is 9.21. The minimum absolute atomic E-state index is 0.123. The van der Waals surface area contributed by atoms with E-state index in [1.807, 2.05) is 6.07 Å². The molecule has 1 saturated heterocycles. The summed E-state index contributed by atoms with van der Waals surface area (Å²) in [5.41, 5.74) is 0.766. The molecule has 0 bridgehead atoms. The summed E-state index contributed by atoms with van der Waals surface area (Å²) < 4.78 is 33.6. The zero-order valence-corrected chi connectivity index (χ0v) is 16.7. The fourth-order valence-electron chi connectivity index (χ4n) is 3.13. The molecule has 3 aromatic rings. The third-order valence-electron chi connectivity index (χ3n) is 4.55. The van der Waals surface area contributed by atoms with Crippen LogP contribution in [0.3, 0.4) is 0 Å². The molecule has 0 amide bonds. The maximum Gasteiger partial charge on any atom is 0.243 e. The predicted molar refractivity (Wildman–Crippen MR) is 102 cm³/mol. The van der Waals surface area contributed by atoms with Gasteiger partial charge in [-0.25, -0.2) is 8.42 Å². The Morgan fingerprint density at radius 2 is 2.00 bits per heavy atom. The van der Waals surface area contributed by atoms with Crippen molar-refractivity contribution in [3.05, 3.63) is 59.2 Å². The van der Waals surface area contributed by atoms with Crippen molar-refractivity contribution < 1.29 is 12.9 Å². The Kier molecular flexibility index (Phi) is 5.07. The maximum atomic E-state index is 12.9. The predicted octanol–water partition coefficient (Wildman–Crippen LogP) is 3.46. The van der Waals surface area contributed by atoms with Gasteiger partial charge in [0.05, 0.1) is 10.8 Å². The normalized spacial score (nSPS) is 18.5. The average Bonchev–Trinajstić information content (AvgIpc) is 3.19. The summed E-state index contributed by atoms with van der Waals surface area (Å²) in [6.07, 6.45) is 4.89. The standard InChI is InChI=1S/C18H17BrN4O3S/c19-15-5-7-16(8-6-15)27(24,25)23-10-2-4-14(12-23)18-21-17(22-26-18)13-3-1-9-20-11-13/h1,3,5-9,11,14H,2,4,10,12H2/t14-/m1/s1. The molecule has 3 heterocycles. The highest BCUT2D eigenvalue weighted by Crippen LogP contribution is 2.30. The Morgan fingerprint density at radius 3 is 2.74 bits per heavy atom. The van der Waals surface area contributed by atoms with Crippen LogP contribution >= 0.6 is 15.9 Å². The number of hydrogen-bond acceptors (Lipinski definition) is 6. The number of rotatable bonds is 4. The van der Waals surface area contributed by atoms with Crippen molar-refractivity contribution in [2.24, 2.45) is 0 Å². The summed E-state index contributed by atoms with van der Waals surface area (Å²) in [6.45, 7) is 0.811. The number of pyridine rings is 1. The first-order valence-electron chi connectivity index (χ1n) is 8.54. The van der Waals surface area contributed by atoms with Crippen molar-refractivity contribution in [3.8, 4) is 11.4 Å². The fourth-order valence-corrected chi connectivity index (χ4v) is 4.92. The Morgan fingerprint density at radius 1 is 1.19 bits per heavy atom. The molecule has 140 valence electrons. The van der Waals surface area contributed by atoms with Crippen molar-refractivity contribution in [1.29, 1.82) is 0 Å². The molecule has 9 heteroatoms. The number of piperidine rings is 1. The summed E-state index contributed by atoms with van der Waals surface area (Å²) >= 11 is 3.33. The lowest BCUT2D eigenvalue weighted by atomic mass is 10.00. The number of nitrogens with zero attached hydrogens (tertiary/aromatic N) is 4. The van der Waals surface area contributed by atoms with E-state index >= 15 is 0 Å². The summed E-state index contributed by atoms with van der Waals surface area (Å²) in [4.78, 5) is 8.80. The molecular formula is C18H17BrN4O3S. The molecule has 0 unspecified atom stereocenters. The summed E-state index contributed by atoms with van der Waals surface area (Å²) in [6, 6.07) is 10.3. The summed E-state index contributed by atoms with van der Waals surface area (Å²) in [5.74, 6) is 0.803. The third-order valence-corrected chi connectivity index (χ3v) is 6.95. The molecule has 0 aliphatic carbocycles. The van der Waals surface area contributed by atoms with Crippen LogP contribution in [0.2, 0.25) is 0 Å². The van der Waals surface area contributed by atoms with E-state index in [2.05, 4.69) is 31.1 Å². The van der Waals surface area contributed by atoms with Crippen LogP contribution < -0.4 is 0 Å². The molecule has 0 saturated carbocycles. The van der Waals surface area contributed by atoms with Gasteiger partial charge in [0, 0.05) is 35.5 Å². The first kappa shape index (κ1) is 18.3. The molecule has 1 aliphatic rings. The van der Waals surface area contributed by atoms with Crippen molar-refractivity contribution in [1.82, 2.24) is 19.4 Å². The molecule has 1 fully saturated rings. The zero-order valence-electron chi connectivity index (χ0n) is 14.3. The van der Waals surface area contributed by atoms with Gasteiger partial charge in [-0.1, -0.05) is 21.1 Å². The van der Waals surface area contributed by atoms with Crippen LogP contribution in [0.25, 0.3) is 11.4 Å². The number of aromatic nitrogens is 3. The second kappa shape index (κ2) is 7.49. The smallest absolute Gasteiger partial charge is 0.243 e. The SMILES string of the molecule is O=S(=O)(c1ccc(Br)cc1)N1CCC[C@@H](c2nc(-c3cccnc3)no2)C1. The van der Waals surface area contributed by atoms with Gasteiger partial charge in [-0.2, -0.15) is 9.29 Å². The van der Waals surface area contributed by atoms with Gasteiger partial charge < -0.3 is 4.52 Å². The Bertz CT molecular complexity index is 1020. The topological polar surface area (TPSA) is 89.2 Å². The van der Waals surface area contributed by atoms with Crippen LogP contribution in [-0.4, -0.2) is 40.9 Å². The van der Waals surface area contributed by atoms with Gasteiger partial charge in [-0.05, 0) is 49.2 Å². The van der Waals surface area contributed by atoms with E-state index in [0.29, 0.717) is 24.8 Å². The number of sulfonamides is 1. The van der Waals surface area contributed by atoms with E-state index < -0.39 is 10.0 Å². The van der Waals surface area contributed by atoms with Gasteiger partial charge in [-0.3, -0.25) is 4.98 Å². The molecule has 1 aliphatic heterocycles. The van der Waals surface area contributed by atoms with E-state index in [1.54, 1.807) is 42.7 Å². The van der Waals surface area contributed by atoms with Crippen LogP contribution in [0.5, 0.6) is 0 Å². The number of hydrogen-bond donors (Lipinski definition) is 0. The minimum atomic E-state index is -3.55. The van der Waals surface area contributed by atoms with Crippen molar-refractivity contribution >= 4 is 26.0 Å². The molecular weight excluding hydrogens is 432 g/mol. The van der Waals surface area contributed by atoms with Crippen LogP contribution in [0, 0.1) is 0 Å². The Hall–Kier alpha value is -2.10. The Balaban J connectivity index is 1.55. The van der Waals surface area contributed by atoms with Gasteiger partial charge in [0.1, 0.15) is 0 Å².